The molecule has 6 heteroatoms. The van der Waals surface area contributed by atoms with Crippen molar-refractivity contribution in [1.29, 1.82) is 0 Å². The van der Waals surface area contributed by atoms with E-state index in [1.165, 1.54) is 11.1 Å². The van der Waals surface area contributed by atoms with Gasteiger partial charge in [-0.15, -0.1) is 11.6 Å². The molecule has 0 unspecified atom stereocenters. The molecule has 3 aromatic rings. The van der Waals surface area contributed by atoms with E-state index in [2.05, 4.69) is 34.3 Å². The fraction of sp³-hybridized carbons (Fsp3) is 0.467. The zero-order valence-electron chi connectivity index (χ0n) is 12.6. The van der Waals surface area contributed by atoms with Crippen molar-refractivity contribution in [1.82, 2.24) is 19.3 Å². The van der Waals surface area contributed by atoms with Gasteiger partial charge in [0.25, 0.3) is 0 Å². The molecule has 0 atom stereocenters. The van der Waals surface area contributed by atoms with Gasteiger partial charge in [-0.05, 0) is 42.7 Å². The standard InChI is InChI=1S/C15H19ClN4S/c1-4-20-15-14(11(3)18-20)17-13(5-6-16)19(15)7-12-9-21-8-10(12)2/h8-9H,4-7H2,1-3H3. The van der Waals surface area contributed by atoms with E-state index in [4.69, 9.17) is 16.6 Å². The van der Waals surface area contributed by atoms with Gasteiger partial charge in [0.2, 0.25) is 0 Å². The number of aromatic nitrogens is 4. The van der Waals surface area contributed by atoms with Gasteiger partial charge in [-0.1, -0.05) is 0 Å². The molecule has 4 nitrogen and oxygen atoms in total. The second kappa shape index (κ2) is 5.81. The van der Waals surface area contributed by atoms with Crippen molar-refractivity contribution >= 4 is 34.1 Å². The van der Waals surface area contributed by atoms with Gasteiger partial charge in [-0.2, -0.15) is 16.4 Å². The van der Waals surface area contributed by atoms with Crippen LogP contribution in [0.1, 0.15) is 29.6 Å². The maximum Gasteiger partial charge on any atom is 0.159 e. The average Bonchev–Trinajstić information content (AvgIpc) is 3.10. The number of imidazole rings is 1. The summed E-state index contributed by atoms with van der Waals surface area (Å²) in [6, 6.07) is 0. The van der Waals surface area contributed by atoms with Crippen molar-refractivity contribution in [3.05, 3.63) is 33.4 Å². The highest BCUT2D eigenvalue weighted by Crippen LogP contribution is 2.23. The van der Waals surface area contributed by atoms with Crippen molar-refractivity contribution in [2.45, 2.75) is 40.3 Å². The van der Waals surface area contributed by atoms with Crippen LogP contribution in [0, 0.1) is 13.8 Å². The summed E-state index contributed by atoms with van der Waals surface area (Å²) in [6.45, 7) is 7.97. The highest BCUT2D eigenvalue weighted by molar-refractivity contribution is 7.08. The first-order valence-electron chi connectivity index (χ1n) is 7.15. The Morgan fingerprint density at radius 2 is 2.10 bits per heavy atom. The molecule has 21 heavy (non-hydrogen) atoms. The maximum absolute atomic E-state index is 5.96. The highest BCUT2D eigenvalue weighted by atomic mass is 35.5. The van der Waals surface area contributed by atoms with Gasteiger partial charge in [-0.3, -0.25) is 0 Å². The second-order valence-electron chi connectivity index (χ2n) is 5.21. The van der Waals surface area contributed by atoms with Crippen molar-refractivity contribution < 1.29 is 0 Å². The van der Waals surface area contributed by atoms with E-state index in [9.17, 15) is 0 Å². The lowest BCUT2D eigenvalue weighted by molar-refractivity contribution is 0.635. The van der Waals surface area contributed by atoms with Crippen LogP contribution in [-0.4, -0.2) is 25.2 Å². The van der Waals surface area contributed by atoms with Crippen LogP contribution in [0.2, 0.25) is 0 Å². The number of halogens is 1. The van der Waals surface area contributed by atoms with E-state index in [-0.39, 0.29) is 0 Å². The summed E-state index contributed by atoms with van der Waals surface area (Å²) >= 11 is 7.70. The summed E-state index contributed by atoms with van der Waals surface area (Å²) in [7, 11) is 0. The first kappa shape index (κ1) is 14.6. The summed E-state index contributed by atoms with van der Waals surface area (Å²) in [4.78, 5) is 4.78. The molecular weight excluding hydrogens is 304 g/mol. The smallest absolute Gasteiger partial charge is 0.159 e. The molecule has 0 N–H and O–H groups in total. The molecule has 112 valence electrons. The van der Waals surface area contributed by atoms with Gasteiger partial charge >= 0.3 is 0 Å². The van der Waals surface area contributed by atoms with Crippen molar-refractivity contribution in [2.75, 3.05) is 5.88 Å². The van der Waals surface area contributed by atoms with Crippen molar-refractivity contribution in [2.24, 2.45) is 0 Å². The van der Waals surface area contributed by atoms with Gasteiger partial charge in [0.1, 0.15) is 11.3 Å². The van der Waals surface area contributed by atoms with Crippen LogP contribution in [0.3, 0.4) is 0 Å². The first-order valence-corrected chi connectivity index (χ1v) is 8.63. The molecular formula is C15H19ClN4S. The predicted octanol–water partition coefficient (Wildman–Crippen LogP) is 3.76. The van der Waals surface area contributed by atoms with Gasteiger partial charge in [-0.25, -0.2) is 9.67 Å². The largest absolute Gasteiger partial charge is 0.308 e. The summed E-state index contributed by atoms with van der Waals surface area (Å²) in [5.41, 5.74) is 5.78. The third-order valence-electron chi connectivity index (χ3n) is 3.79. The number of aryl methyl sites for hydroxylation is 4. The normalized spacial score (nSPS) is 11.6. The molecule has 0 aromatic carbocycles. The van der Waals surface area contributed by atoms with E-state index < -0.39 is 0 Å². The number of thiophene rings is 1. The van der Waals surface area contributed by atoms with Crippen LogP contribution in [-0.2, 0) is 19.5 Å². The molecule has 0 amide bonds. The predicted molar refractivity (Wildman–Crippen MR) is 88.5 cm³/mol. The Kier molecular flexibility index (Phi) is 4.04. The molecule has 0 aliphatic carbocycles. The van der Waals surface area contributed by atoms with Crippen LogP contribution in [0.15, 0.2) is 10.8 Å². The number of rotatable bonds is 5. The number of hydrogen-bond donors (Lipinski definition) is 0. The monoisotopic (exact) mass is 322 g/mol. The summed E-state index contributed by atoms with van der Waals surface area (Å²) in [5.74, 6) is 1.63. The highest BCUT2D eigenvalue weighted by Gasteiger charge is 2.18. The summed E-state index contributed by atoms with van der Waals surface area (Å²) in [5, 5.41) is 8.99. The Morgan fingerprint density at radius 3 is 2.71 bits per heavy atom. The zero-order valence-corrected chi connectivity index (χ0v) is 14.1. The third kappa shape index (κ3) is 2.49. The number of hydrogen-bond acceptors (Lipinski definition) is 3. The quantitative estimate of drug-likeness (QED) is 0.670. The molecule has 0 radical (unpaired) electrons. The fourth-order valence-electron chi connectivity index (χ4n) is 2.65. The minimum Gasteiger partial charge on any atom is -0.308 e. The topological polar surface area (TPSA) is 35.6 Å². The lowest BCUT2D eigenvalue weighted by atomic mass is 10.2. The molecule has 0 saturated heterocycles. The molecule has 0 fully saturated rings. The third-order valence-corrected chi connectivity index (χ3v) is 4.88. The molecule has 3 heterocycles. The van der Waals surface area contributed by atoms with Crippen LogP contribution in [0.5, 0.6) is 0 Å². The van der Waals surface area contributed by atoms with Crippen molar-refractivity contribution in [3.8, 4) is 0 Å². The Labute approximate surface area is 133 Å². The van der Waals surface area contributed by atoms with Gasteiger partial charge in [0.15, 0.2) is 5.65 Å². The van der Waals surface area contributed by atoms with Crippen molar-refractivity contribution in [3.63, 3.8) is 0 Å². The van der Waals surface area contributed by atoms with Crippen LogP contribution in [0.4, 0.5) is 0 Å². The van der Waals surface area contributed by atoms with E-state index in [1.807, 2.05) is 11.6 Å². The van der Waals surface area contributed by atoms with Crippen LogP contribution in [0.25, 0.3) is 11.2 Å². The number of alkyl halides is 1. The van der Waals surface area contributed by atoms with Crippen LogP contribution < -0.4 is 0 Å². The molecule has 0 spiro atoms. The van der Waals surface area contributed by atoms with E-state index in [0.717, 1.165) is 42.2 Å². The van der Waals surface area contributed by atoms with E-state index >= 15 is 0 Å². The fourth-order valence-corrected chi connectivity index (χ4v) is 3.67. The minimum atomic E-state index is 0.584. The summed E-state index contributed by atoms with van der Waals surface area (Å²) in [6.07, 6.45) is 0.780. The number of fused-ring (bicyclic) bond motifs is 1. The van der Waals surface area contributed by atoms with Gasteiger partial charge in [0, 0.05) is 18.8 Å². The van der Waals surface area contributed by atoms with E-state index in [1.54, 1.807) is 11.3 Å². The van der Waals surface area contributed by atoms with Gasteiger partial charge in [0.05, 0.1) is 12.2 Å². The number of nitrogens with zero attached hydrogens (tertiary/aromatic N) is 4. The molecule has 0 saturated carbocycles. The lowest BCUT2D eigenvalue weighted by Gasteiger charge is -2.10. The molecule has 0 bridgehead atoms. The maximum atomic E-state index is 5.96. The molecule has 0 aliphatic rings. The first-order chi connectivity index (χ1) is 10.2. The van der Waals surface area contributed by atoms with E-state index in [0.29, 0.717) is 5.88 Å². The Hall–Kier alpha value is -1.33. The Bertz CT molecular complexity index is 768. The minimum absolute atomic E-state index is 0.584. The Morgan fingerprint density at radius 1 is 1.29 bits per heavy atom. The molecule has 3 aromatic heterocycles. The Balaban J connectivity index is 2.17. The summed E-state index contributed by atoms with van der Waals surface area (Å²) < 4.78 is 4.31. The zero-order chi connectivity index (χ0) is 15.0. The molecule has 0 aliphatic heterocycles. The van der Waals surface area contributed by atoms with Crippen LogP contribution >= 0.6 is 22.9 Å². The van der Waals surface area contributed by atoms with Gasteiger partial charge < -0.3 is 4.57 Å². The SMILES string of the molecule is CCn1nc(C)c2nc(CCCl)n(Cc3cscc3C)c21. The molecule has 3 rings (SSSR count). The lowest BCUT2D eigenvalue weighted by Crippen LogP contribution is -2.10. The second-order valence-corrected chi connectivity index (χ2v) is 6.33. The average molecular weight is 323 g/mol.